The third-order valence-electron chi connectivity index (χ3n) is 4.51. The Hall–Kier alpha value is -3.56. The topological polar surface area (TPSA) is 105 Å². The van der Waals surface area contributed by atoms with Crippen molar-refractivity contribution in [1.29, 1.82) is 0 Å². The molecule has 0 spiro atoms. The third kappa shape index (κ3) is 5.28. The molecule has 152 valence electrons. The van der Waals surface area contributed by atoms with Gasteiger partial charge in [-0.2, -0.15) is 0 Å². The van der Waals surface area contributed by atoms with E-state index in [1.165, 1.54) is 12.1 Å². The summed E-state index contributed by atoms with van der Waals surface area (Å²) in [5.74, 6) is 0. The fourth-order valence-electron chi connectivity index (χ4n) is 2.92. The van der Waals surface area contributed by atoms with E-state index >= 15 is 0 Å². The zero-order valence-corrected chi connectivity index (χ0v) is 16.3. The summed E-state index contributed by atoms with van der Waals surface area (Å²) in [7, 11) is -0.856. The van der Waals surface area contributed by atoms with Crippen LogP contribution in [-0.4, -0.2) is 17.0 Å². The number of rotatable bonds is 9. The molecule has 0 aliphatic carbocycles. The van der Waals surface area contributed by atoms with Gasteiger partial charge in [0.15, 0.2) is 0 Å². The van der Waals surface area contributed by atoms with Gasteiger partial charge in [0.05, 0.1) is 34.2 Å². The molecule has 0 aliphatic rings. The first-order chi connectivity index (χ1) is 14.5. The number of hydrogen-bond acceptors (Lipinski definition) is 6. The van der Waals surface area contributed by atoms with Crippen LogP contribution in [0.3, 0.4) is 0 Å². The largest absolute Gasteiger partial charge is 0.494 e. The highest BCUT2D eigenvalue weighted by atomic mass is 16.6. The Bertz CT molecular complexity index is 980. The van der Waals surface area contributed by atoms with Crippen LogP contribution in [0, 0.1) is 27.2 Å². The molecule has 0 aliphatic heterocycles. The van der Waals surface area contributed by atoms with Gasteiger partial charge in [0.25, 0.3) is 11.4 Å². The second kappa shape index (κ2) is 9.77. The molecule has 0 amide bonds. The number of benzene rings is 3. The van der Waals surface area contributed by atoms with Crippen LogP contribution >= 0.6 is 0 Å². The lowest BCUT2D eigenvalue weighted by atomic mass is 9.78. The Morgan fingerprint density at radius 1 is 0.733 bits per heavy atom. The molecule has 3 aromatic carbocycles. The molecular weight excluding hydrogens is 387 g/mol. The van der Waals surface area contributed by atoms with Gasteiger partial charge in [0.2, 0.25) is 0 Å². The van der Waals surface area contributed by atoms with Crippen LogP contribution < -0.4 is 5.46 Å². The Labute approximate surface area is 173 Å². The Morgan fingerprint density at radius 2 is 1.17 bits per heavy atom. The molecule has 0 fully saturated rings. The zero-order chi connectivity index (χ0) is 21.5. The highest BCUT2D eigenvalue weighted by Gasteiger charge is 2.25. The highest BCUT2D eigenvalue weighted by molar-refractivity contribution is 6.61. The minimum absolute atomic E-state index is 0.0427. The van der Waals surface area contributed by atoms with Gasteiger partial charge >= 0.3 is 7.12 Å². The van der Waals surface area contributed by atoms with Gasteiger partial charge in [0, 0.05) is 12.1 Å². The molecule has 0 saturated heterocycles. The van der Waals surface area contributed by atoms with Crippen molar-refractivity contribution in [3.8, 4) is 0 Å². The molecule has 0 aromatic heterocycles. The Kier molecular flexibility index (Phi) is 6.89. The summed E-state index contributed by atoms with van der Waals surface area (Å²) in [5.41, 5.74) is 2.49. The van der Waals surface area contributed by atoms with Crippen LogP contribution in [0.25, 0.3) is 0 Å². The average Bonchev–Trinajstić information content (AvgIpc) is 2.75. The molecule has 8 nitrogen and oxygen atoms in total. The minimum Gasteiger partial charge on any atom is -0.403 e. The Morgan fingerprint density at radius 3 is 1.60 bits per heavy atom. The van der Waals surface area contributed by atoms with E-state index in [2.05, 4.69) is 0 Å². The smallest absolute Gasteiger partial charge is 0.403 e. The van der Waals surface area contributed by atoms with Gasteiger partial charge in [0.1, 0.15) is 0 Å². The summed E-state index contributed by atoms with van der Waals surface area (Å²) in [5, 5.41) is 22.5. The fraction of sp³-hybridized carbons (Fsp3) is 0.143. The molecule has 0 radical (unpaired) electrons. The maximum atomic E-state index is 11.2. The van der Waals surface area contributed by atoms with E-state index in [1.54, 1.807) is 36.4 Å². The number of aryl methyl sites for hydroxylation is 1. The van der Waals surface area contributed by atoms with Gasteiger partial charge in [-0.15, -0.1) is 0 Å². The van der Waals surface area contributed by atoms with E-state index in [1.807, 2.05) is 31.2 Å². The zero-order valence-electron chi connectivity index (χ0n) is 16.3. The highest BCUT2D eigenvalue weighted by Crippen LogP contribution is 2.21. The maximum Gasteiger partial charge on any atom is 0.494 e. The standard InChI is InChI=1S/C21H19BN2O6/c1-16-10-12-19(13-11-16)22(29-14-17-6-2-4-8-20(17)23(25)26)30-15-18-7-3-5-9-21(18)24(27)28/h2-13H,14-15H2,1H3. The third-order valence-corrected chi connectivity index (χ3v) is 4.51. The number of hydrogen-bond donors (Lipinski definition) is 0. The molecule has 0 saturated carbocycles. The SMILES string of the molecule is Cc1ccc(B(OCc2ccccc2[N+](=O)[O-])OCc2ccccc2[N+](=O)[O-])cc1. The summed E-state index contributed by atoms with van der Waals surface area (Å²) in [6, 6.07) is 20.1. The monoisotopic (exact) mass is 406 g/mol. The first kappa shape index (κ1) is 21.2. The number of nitro groups is 2. The quantitative estimate of drug-likeness (QED) is 0.303. The van der Waals surface area contributed by atoms with E-state index in [0.29, 0.717) is 16.6 Å². The van der Waals surface area contributed by atoms with E-state index in [4.69, 9.17) is 9.31 Å². The van der Waals surface area contributed by atoms with Gasteiger partial charge in [-0.1, -0.05) is 54.1 Å². The maximum absolute atomic E-state index is 11.2. The molecule has 3 aromatic rings. The first-order valence-corrected chi connectivity index (χ1v) is 9.20. The van der Waals surface area contributed by atoms with Crippen molar-refractivity contribution in [1.82, 2.24) is 0 Å². The summed E-state index contributed by atoms with van der Waals surface area (Å²) in [4.78, 5) is 21.6. The van der Waals surface area contributed by atoms with Crippen molar-refractivity contribution in [3.05, 3.63) is 110 Å². The average molecular weight is 406 g/mol. The summed E-state index contributed by atoms with van der Waals surface area (Å²) < 4.78 is 11.7. The van der Waals surface area contributed by atoms with Crippen molar-refractivity contribution < 1.29 is 19.2 Å². The van der Waals surface area contributed by atoms with Gasteiger partial charge < -0.3 is 9.31 Å². The number of nitro benzene ring substituents is 2. The summed E-state index contributed by atoms with van der Waals surface area (Å²) in [6.45, 7) is 1.85. The lowest BCUT2D eigenvalue weighted by molar-refractivity contribution is -0.385. The van der Waals surface area contributed by atoms with Crippen LogP contribution in [0.5, 0.6) is 0 Å². The molecule has 0 heterocycles. The van der Waals surface area contributed by atoms with Gasteiger partial charge in [-0.25, -0.2) is 0 Å². The lowest BCUT2D eigenvalue weighted by Gasteiger charge is -2.16. The second-order valence-electron chi connectivity index (χ2n) is 6.64. The molecule has 0 atom stereocenters. The van der Waals surface area contributed by atoms with Crippen LogP contribution in [0.2, 0.25) is 0 Å². The van der Waals surface area contributed by atoms with E-state index in [9.17, 15) is 20.2 Å². The molecule has 0 unspecified atom stereocenters. The Balaban J connectivity index is 1.81. The van der Waals surface area contributed by atoms with Crippen molar-refractivity contribution >= 4 is 24.0 Å². The normalized spacial score (nSPS) is 10.6. The van der Waals surface area contributed by atoms with Gasteiger partial charge in [-0.05, 0) is 24.5 Å². The number of para-hydroxylation sites is 2. The van der Waals surface area contributed by atoms with Crippen molar-refractivity contribution in [2.45, 2.75) is 20.1 Å². The lowest BCUT2D eigenvalue weighted by Crippen LogP contribution is -2.36. The fourth-order valence-corrected chi connectivity index (χ4v) is 2.92. The van der Waals surface area contributed by atoms with Crippen LogP contribution in [0.15, 0.2) is 72.8 Å². The van der Waals surface area contributed by atoms with Crippen molar-refractivity contribution in [2.75, 3.05) is 0 Å². The molecular formula is C21H19BN2O6. The molecule has 0 N–H and O–H groups in total. The second-order valence-corrected chi connectivity index (χ2v) is 6.64. The van der Waals surface area contributed by atoms with Crippen LogP contribution in [-0.2, 0) is 22.5 Å². The first-order valence-electron chi connectivity index (χ1n) is 9.20. The van der Waals surface area contributed by atoms with Crippen LogP contribution in [0.1, 0.15) is 16.7 Å². The molecule has 3 rings (SSSR count). The van der Waals surface area contributed by atoms with Crippen LogP contribution in [0.4, 0.5) is 11.4 Å². The molecule has 0 bridgehead atoms. The van der Waals surface area contributed by atoms with Crippen molar-refractivity contribution in [3.63, 3.8) is 0 Å². The van der Waals surface area contributed by atoms with E-state index in [0.717, 1.165) is 5.56 Å². The number of nitrogens with zero attached hydrogens (tertiary/aromatic N) is 2. The summed E-state index contributed by atoms with van der Waals surface area (Å²) in [6.07, 6.45) is 0. The minimum atomic E-state index is -0.856. The molecule has 30 heavy (non-hydrogen) atoms. The van der Waals surface area contributed by atoms with Gasteiger partial charge in [-0.3, -0.25) is 20.2 Å². The predicted octanol–water partition coefficient (Wildman–Crippen LogP) is 3.94. The van der Waals surface area contributed by atoms with Crippen molar-refractivity contribution in [2.24, 2.45) is 0 Å². The van der Waals surface area contributed by atoms with E-state index < -0.39 is 17.0 Å². The molecule has 9 heteroatoms. The summed E-state index contributed by atoms with van der Waals surface area (Å²) >= 11 is 0. The van der Waals surface area contributed by atoms with E-state index in [-0.39, 0.29) is 24.6 Å². The predicted molar refractivity (Wildman–Crippen MR) is 112 cm³/mol.